The summed E-state index contributed by atoms with van der Waals surface area (Å²) in [5, 5.41) is 8.93. The van der Waals surface area contributed by atoms with Crippen molar-refractivity contribution in [3.8, 4) is 5.75 Å². The molecule has 0 fully saturated rings. The molecule has 1 amide bonds. The highest BCUT2D eigenvalue weighted by Gasteiger charge is 2.23. The lowest BCUT2D eigenvalue weighted by Crippen LogP contribution is -2.27. The van der Waals surface area contributed by atoms with Crippen LogP contribution in [-0.4, -0.2) is 35.5 Å². The van der Waals surface area contributed by atoms with Gasteiger partial charge in [-0.1, -0.05) is 12.1 Å². The quantitative estimate of drug-likeness (QED) is 0.844. The van der Waals surface area contributed by atoms with E-state index in [1.807, 2.05) is 31.2 Å². The van der Waals surface area contributed by atoms with Crippen molar-refractivity contribution < 1.29 is 23.8 Å². The molecule has 6 heteroatoms. The molecule has 0 saturated heterocycles. The number of ether oxygens (including phenoxy) is 1. The molecular formula is C18H21NO5. The van der Waals surface area contributed by atoms with Crippen LogP contribution in [-0.2, 0) is 17.8 Å². The molecule has 0 saturated carbocycles. The zero-order valence-corrected chi connectivity index (χ0v) is 14.0. The molecule has 0 aliphatic rings. The Bertz CT molecular complexity index is 718. The SMILES string of the molecule is CCOc1ccc(CN(C)C(=O)c2c(C)coc2CC(=O)O)cc1. The van der Waals surface area contributed by atoms with E-state index in [1.165, 1.54) is 6.26 Å². The Balaban J connectivity index is 2.12. The van der Waals surface area contributed by atoms with Crippen molar-refractivity contribution in [3.05, 3.63) is 53.0 Å². The normalized spacial score (nSPS) is 10.5. The highest BCUT2D eigenvalue weighted by molar-refractivity contribution is 5.97. The molecule has 1 aromatic heterocycles. The second-order valence-electron chi connectivity index (χ2n) is 5.53. The first kappa shape index (κ1) is 17.6. The summed E-state index contributed by atoms with van der Waals surface area (Å²) in [4.78, 5) is 25.1. The number of hydrogen-bond donors (Lipinski definition) is 1. The number of rotatable bonds is 7. The van der Waals surface area contributed by atoms with Gasteiger partial charge in [-0.3, -0.25) is 9.59 Å². The Labute approximate surface area is 140 Å². The first-order chi connectivity index (χ1) is 11.4. The maximum Gasteiger partial charge on any atom is 0.311 e. The summed E-state index contributed by atoms with van der Waals surface area (Å²) in [6.45, 7) is 4.65. The van der Waals surface area contributed by atoms with E-state index in [4.69, 9.17) is 14.3 Å². The van der Waals surface area contributed by atoms with Gasteiger partial charge >= 0.3 is 5.97 Å². The van der Waals surface area contributed by atoms with Crippen molar-refractivity contribution in [3.63, 3.8) is 0 Å². The van der Waals surface area contributed by atoms with Crippen LogP contribution in [0.25, 0.3) is 0 Å². The number of nitrogens with zero attached hydrogens (tertiary/aromatic N) is 1. The predicted molar refractivity (Wildman–Crippen MR) is 88.2 cm³/mol. The van der Waals surface area contributed by atoms with Crippen molar-refractivity contribution >= 4 is 11.9 Å². The minimum absolute atomic E-state index is 0.184. The summed E-state index contributed by atoms with van der Waals surface area (Å²) in [6, 6.07) is 7.51. The predicted octanol–water partition coefficient (Wildman–Crippen LogP) is 2.89. The largest absolute Gasteiger partial charge is 0.494 e. The van der Waals surface area contributed by atoms with E-state index < -0.39 is 5.97 Å². The maximum absolute atomic E-state index is 12.7. The third-order valence-corrected chi connectivity index (χ3v) is 3.58. The van der Waals surface area contributed by atoms with E-state index in [-0.39, 0.29) is 18.1 Å². The molecule has 0 bridgehead atoms. The van der Waals surface area contributed by atoms with Gasteiger partial charge in [-0.2, -0.15) is 0 Å². The Morgan fingerprint density at radius 2 is 1.92 bits per heavy atom. The zero-order valence-electron chi connectivity index (χ0n) is 14.0. The lowest BCUT2D eigenvalue weighted by atomic mass is 10.1. The van der Waals surface area contributed by atoms with Crippen LogP contribution in [0, 0.1) is 6.92 Å². The number of benzene rings is 1. The van der Waals surface area contributed by atoms with Gasteiger partial charge in [-0.05, 0) is 31.5 Å². The standard InChI is InChI=1S/C18H21NO5/c1-4-23-14-7-5-13(6-8-14)10-19(3)18(22)17-12(2)11-24-15(17)9-16(20)21/h5-8,11H,4,9-10H2,1-3H3,(H,20,21). The number of carboxylic acid groups (broad SMARTS) is 1. The molecule has 2 aromatic rings. The highest BCUT2D eigenvalue weighted by Crippen LogP contribution is 2.20. The summed E-state index contributed by atoms with van der Waals surface area (Å²) < 4.78 is 10.6. The van der Waals surface area contributed by atoms with Crippen molar-refractivity contribution in [2.24, 2.45) is 0 Å². The number of carbonyl (C=O) groups is 2. The van der Waals surface area contributed by atoms with Crippen LogP contribution in [0.4, 0.5) is 0 Å². The summed E-state index contributed by atoms with van der Waals surface area (Å²) in [7, 11) is 1.68. The van der Waals surface area contributed by atoms with Gasteiger partial charge in [0.15, 0.2) is 0 Å². The molecule has 1 N–H and O–H groups in total. The van der Waals surface area contributed by atoms with Crippen LogP contribution in [0.15, 0.2) is 34.9 Å². The number of aliphatic carboxylic acids is 1. The Morgan fingerprint density at radius 3 is 2.50 bits per heavy atom. The molecule has 2 rings (SSSR count). The summed E-state index contributed by atoms with van der Waals surface area (Å²) in [5.74, 6) is -0.327. The summed E-state index contributed by atoms with van der Waals surface area (Å²) in [6.07, 6.45) is 1.10. The van der Waals surface area contributed by atoms with Crippen molar-refractivity contribution in [1.82, 2.24) is 4.90 Å². The lowest BCUT2D eigenvalue weighted by molar-refractivity contribution is -0.136. The number of amides is 1. The smallest absolute Gasteiger partial charge is 0.311 e. The van der Waals surface area contributed by atoms with Gasteiger partial charge in [-0.15, -0.1) is 0 Å². The fourth-order valence-corrected chi connectivity index (χ4v) is 2.45. The monoisotopic (exact) mass is 331 g/mol. The van der Waals surface area contributed by atoms with E-state index in [1.54, 1.807) is 18.9 Å². The molecule has 0 spiro atoms. The molecule has 6 nitrogen and oxygen atoms in total. The molecule has 24 heavy (non-hydrogen) atoms. The van der Waals surface area contributed by atoms with Crippen LogP contribution in [0.5, 0.6) is 5.75 Å². The number of aryl methyl sites for hydroxylation is 1. The Hall–Kier alpha value is -2.76. The van der Waals surface area contributed by atoms with Crippen LogP contribution in [0.3, 0.4) is 0 Å². The fourth-order valence-electron chi connectivity index (χ4n) is 2.45. The molecule has 128 valence electrons. The van der Waals surface area contributed by atoms with E-state index in [0.717, 1.165) is 11.3 Å². The molecule has 1 heterocycles. The molecule has 0 aliphatic carbocycles. The van der Waals surface area contributed by atoms with E-state index in [9.17, 15) is 9.59 Å². The second kappa shape index (κ2) is 7.68. The van der Waals surface area contributed by atoms with Crippen molar-refractivity contribution in [2.45, 2.75) is 26.8 Å². The lowest BCUT2D eigenvalue weighted by Gasteiger charge is -2.18. The van der Waals surface area contributed by atoms with Crippen molar-refractivity contribution in [1.29, 1.82) is 0 Å². The van der Waals surface area contributed by atoms with Crippen LogP contribution < -0.4 is 4.74 Å². The minimum Gasteiger partial charge on any atom is -0.494 e. The number of hydrogen-bond acceptors (Lipinski definition) is 4. The van der Waals surface area contributed by atoms with Gasteiger partial charge in [0.05, 0.1) is 18.4 Å². The van der Waals surface area contributed by atoms with Gasteiger partial charge in [-0.25, -0.2) is 0 Å². The molecule has 0 radical (unpaired) electrons. The highest BCUT2D eigenvalue weighted by atomic mass is 16.5. The molecule has 0 unspecified atom stereocenters. The Morgan fingerprint density at radius 1 is 1.25 bits per heavy atom. The number of carboxylic acids is 1. The maximum atomic E-state index is 12.7. The van der Waals surface area contributed by atoms with E-state index >= 15 is 0 Å². The van der Waals surface area contributed by atoms with Crippen LogP contribution in [0.2, 0.25) is 0 Å². The Kier molecular flexibility index (Phi) is 5.63. The second-order valence-corrected chi connectivity index (χ2v) is 5.53. The van der Waals surface area contributed by atoms with Crippen LogP contribution in [0.1, 0.15) is 34.2 Å². The van der Waals surface area contributed by atoms with Gasteiger partial charge in [0, 0.05) is 19.2 Å². The van der Waals surface area contributed by atoms with Crippen molar-refractivity contribution in [2.75, 3.05) is 13.7 Å². The third-order valence-electron chi connectivity index (χ3n) is 3.58. The average molecular weight is 331 g/mol. The van der Waals surface area contributed by atoms with Gasteiger partial charge in [0.25, 0.3) is 5.91 Å². The van der Waals surface area contributed by atoms with Gasteiger partial charge in [0.1, 0.15) is 17.9 Å². The van der Waals surface area contributed by atoms with Gasteiger partial charge < -0.3 is 19.2 Å². The molecule has 0 atom stereocenters. The molecule has 1 aromatic carbocycles. The first-order valence-corrected chi connectivity index (χ1v) is 7.68. The summed E-state index contributed by atoms with van der Waals surface area (Å²) >= 11 is 0. The minimum atomic E-state index is -1.03. The van der Waals surface area contributed by atoms with Gasteiger partial charge in [0.2, 0.25) is 0 Å². The topological polar surface area (TPSA) is 80.0 Å². The first-order valence-electron chi connectivity index (χ1n) is 7.68. The summed E-state index contributed by atoms with van der Waals surface area (Å²) in [5.41, 5.74) is 1.91. The number of furan rings is 1. The fraction of sp³-hybridized carbons (Fsp3) is 0.333. The number of carbonyl (C=O) groups excluding carboxylic acids is 1. The third kappa shape index (κ3) is 4.16. The zero-order chi connectivity index (χ0) is 17.7. The molecule has 0 aliphatic heterocycles. The van der Waals surface area contributed by atoms with E-state index in [0.29, 0.717) is 24.3 Å². The average Bonchev–Trinajstić information content (AvgIpc) is 2.88. The molecular weight excluding hydrogens is 310 g/mol. The van der Waals surface area contributed by atoms with E-state index in [2.05, 4.69) is 0 Å². The van der Waals surface area contributed by atoms with Crippen LogP contribution >= 0.6 is 0 Å².